The quantitative estimate of drug-likeness (QED) is 0.188. The minimum Gasteiger partial charge on any atom is -0.107 e. The molecule has 0 radical (unpaired) electrons. The molecular formula is C20H43P. The molecule has 0 atom stereocenters. The van der Waals surface area contributed by atoms with Crippen molar-refractivity contribution in [2.24, 2.45) is 0 Å². The zero-order chi connectivity index (χ0) is 15.6. The SMILES string of the molecule is CCCCCCCCP(CCCC)CCCCCCCC. The Labute approximate surface area is 137 Å². The van der Waals surface area contributed by atoms with Crippen molar-refractivity contribution < 1.29 is 0 Å². The number of rotatable bonds is 17. The van der Waals surface area contributed by atoms with Crippen LogP contribution in [-0.2, 0) is 0 Å². The van der Waals surface area contributed by atoms with Gasteiger partial charge in [-0.3, -0.25) is 0 Å². The molecule has 0 amide bonds. The number of hydrogen-bond donors (Lipinski definition) is 0. The first kappa shape index (κ1) is 21.4. The van der Waals surface area contributed by atoms with Gasteiger partial charge < -0.3 is 0 Å². The van der Waals surface area contributed by atoms with Gasteiger partial charge >= 0.3 is 0 Å². The normalized spacial score (nSPS) is 11.4. The fraction of sp³-hybridized carbons (Fsp3) is 1.00. The highest BCUT2D eigenvalue weighted by Gasteiger charge is 2.07. The lowest BCUT2D eigenvalue weighted by Gasteiger charge is -2.17. The Morgan fingerprint density at radius 3 is 1.14 bits per heavy atom. The summed E-state index contributed by atoms with van der Waals surface area (Å²) in [5.41, 5.74) is 0. The van der Waals surface area contributed by atoms with Gasteiger partial charge in [0.25, 0.3) is 0 Å². The highest BCUT2D eigenvalue weighted by Crippen LogP contribution is 2.39. The van der Waals surface area contributed by atoms with Crippen molar-refractivity contribution >= 4 is 7.92 Å². The van der Waals surface area contributed by atoms with Crippen LogP contribution in [0, 0.1) is 0 Å². The minimum absolute atomic E-state index is 0.384. The molecule has 0 aromatic carbocycles. The van der Waals surface area contributed by atoms with Crippen LogP contribution in [0.1, 0.15) is 111 Å². The summed E-state index contributed by atoms with van der Waals surface area (Å²) >= 11 is 0. The molecule has 0 spiro atoms. The van der Waals surface area contributed by atoms with E-state index in [0.717, 1.165) is 0 Å². The third kappa shape index (κ3) is 16.6. The maximum absolute atomic E-state index is 2.35. The molecule has 0 aliphatic heterocycles. The number of unbranched alkanes of at least 4 members (excludes halogenated alkanes) is 11. The van der Waals surface area contributed by atoms with E-state index in [1.54, 1.807) is 18.5 Å². The van der Waals surface area contributed by atoms with Crippen LogP contribution in [0.25, 0.3) is 0 Å². The topological polar surface area (TPSA) is 0 Å². The lowest BCUT2D eigenvalue weighted by molar-refractivity contribution is 0.621. The summed E-state index contributed by atoms with van der Waals surface area (Å²) in [6.45, 7) is 6.97. The average molecular weight is 315 g/mol. The molecule has 0 bridgehead atoms. The maximum atomic E-state index is 2.35. The van der Waals surface area contributed by atoms with Crippen LogP contribution in [0.15, 0.2) is 0 Å². The van der Waals surface area contributed by atoms with Crippen LogP contribution in [0.4, 0.5) is 0 Å². The second kappa shape index (κ2) is 18.5. The summed E-state index contributed by atoms with van der Waals surface area (Å²) in [5, 5.41) is 0. The molecule has 0 rings (SSSR count). The molecule has 0 aromatic rings. The molecule has 0 heterocycles. The van der Waals surface area contributed by atoms with Gasteiger partial charge in [-0.15, -0.1) is 7.92 Å². The van der Waals surface area contributed by atoms with E-state index in [1.165, 1.54) is 89.9 Å². The molecule has 0 saturated heterocycles. The Hall–Kier alpha value is 0.430. The lowest BCUT2D eigenvalue weighted by atomic mass is 10.1. The molecular weight excluding hydrogens is 271 g/mol. The second-order valence-corrected chi connectivity index (χ2v) is 9.41. The molecule has 0 saturated carbocycles. The Kier molecular flexibility index (Phi) is 18.9. The fourth-order valence-electron chi connectivity index (χ4n) is 2.95. The van der Waals surface area contributed by atoms with Crippen LogP contribution < -0.4 is 0 Å². The van der Waals surface area contributed by atoms with Gasteiger partial charge in [0.05, 0.1) is 0 Å². The first-order chi connectivity index (χ1) is 10.3. The largest absolute Gasteiger partial charge is 0.107 e. The molecule has 0 aromatic heterocycles. The Morgan fingerprint density at radius 1 is 0.381 bits per heavy atom. The molecule has 0 nitrogen and oxygen atoms in total. The van der Waals surface area contributed by atoms with E-state index < -0.39 is 0 Å². The highest BCUT2D eigenvalue weighted by molar-refractivity contribution is 7.57. The van der Waals surface area contributed by atoms with Crippen LogP contribution in [-0.4, -0.2) is 18.5 Å². The van der Waals surface area contributed by atoms with Gasteiger partial charge in [-0.25, -0.2) is 0 Å². The van der Waals surface area contributed by atoms with Crippen molar-refractivity contribution in [3.63, 3.8) is 0 Å². The fourth-order valence-corrected chi connectivity index (χ4v) is 5.72. The molecule has 0 aliphatic rings. The van der Waals surface area contributed by atoms with Gasteiger partial charge in [0.1, 0.15) is 0 Å². The summed E-state index contributed by atoms with van der Waals surface area (Å²) in [6, 6.07) is 0. The predicted octanol–water partition coefficient (Wildman–Crippen LogP) is 7.99. The van der Waals surface area contributed by atoms with E-state index in [9.17, 15) is 0 Å². The zero-order valence-electron chi connectivity index (χ0n) is 15.5. The van der Waals surface area contributed by atoms with Crippen LogP contribution in [0.5, 0.6) is 0 Å². The summed E-state index contributed by atoms with van der Waals surface area (Å²) in [5.74, 6) is 0. The third-order valence-corrected chi connectivity index (χ3v) is 7.33. The van der Waals surface area contributed by atoms with Gasteiger partial charge in [-0.05, 0) is 37.7 Å². The number of hydrogen-bond acceptors (Lipinski definition) is 0. The van der Waals surface area contributed by atoms with Gasteiger partial charge in [0, 0.05) is 0 Å². The third-order valence-electron chi connectivity index (χ3n) is 4.48. The molecule has 0 unspecified atom stereocenters. The van der Waals surface area contributed by atoms with E-state index in [2.05, 4.69) is 20.8 Å². The first-order valence-corrected chi connectivity index (χ1v) is 12.0. The Morgan fingerprint density at radius 2 is 0.714 bits per heavy atom. The van der Waals surface area contributed by atoms with E-state index in [1.807, 2.05) is 0 Å². The monoisotopic (exact) mass is 314 g/mol. The molecule has 0 aliphatic carbocycles. The highest BCUT2D eigenvalue weighted by atomic mass is 31.1. The summed E-state index contributed by atoms with van der Waals surface area (Å²) in [4.78, 5) is 0. The molecule has 0 N–H and O–H groups in total. The van der Waals surface area contributed by atoms with Crippen molar-refractivity contribution in [1.29, 1.82) is 0 Å². The standard InChI is InChI=1S/C20H43P/c1-4-7-10-12-14-16-19-21(18-9-6-3)20-17-15-13-11-8-5-2/h4-20H2,1-3H3. The van der Waals surface area contributed by atoms with E-state index in [4.69, 9.17) is 0 Å². The smallest absolute Gasteiger partial charge is 0.0326 e. The van der Waals surface area contributed by atoms with Crippen molar-refractivity contribution in [1.82, 2.24) is 0 Å². The van der Waals surface area contributed by atoms with E-state index >= 15 is 0 Å². The van der Waals surface area contributed by atoms with Crippen molar-refractivity contribution in [2.75, 3.05) is 18.5 Å². The first-order valence-electron chi connectivity index (χ1n) is 10.1. The predicted molar refractivity (Wildman–Crippen MR) is 103 cm³/mol. The molecule has 1 heteroatoms. The summed E-state index contributed by atoms with van der Waals surface area (Å²) < 4.78 is 0. The lowest BCUT2D eigenvalue weighted by Crippen LogP contribution is -1.96. The zero-order valence-corrected chi connectivity index (χ0v) is 16.4. The van der Waals surface area contributed by atoms with Gasteiger partial charge in [-0.1, -0.05) is 91.4 Å². The second-order valence-electron chi connectivity index (χ2n) is 6.73. The average Bonchev–Trinajstić information content (AvgIpc) is 2.50. The Bertz CT molecular complexity index is 163. The van der Waals surface area contributed by atoms with Crippen LogP contribution >= 0.6 is 7.92 Å². The summed E-state index contributed by atoms with van der Waals surface area (Å²) in [7, 11) is 0.384. The van der Waals surface area contributed by atoms with Gasteiger partial charge in [-0.2, -0.15) is 0 Å². The van der Waals surface area contributed by atoms with Crippen LogP contribution in [0.3, 0.4) is 0 Å². The molecule has 128 valence electrons. The van der Waals surface area contributed by atoms with Gasteiger partial charge in [0.2, 0.25) is 0 Å². The molecule has 0 fully saturated rings. The van der Waals surface area contributed by atoms with Crippen LogP contribution in [0.2, 0.25) is 0 Å². The van der Waals surface area contributed by atoms with Gasteiger partial charge in [0.15, 0.2) is 0 Å². The van der Waals surface area contributed by atoms with E-state index in [0.29, 0.717) is 7.92 Å². The van der Waals surface area contributed by atoms with Crippen molar-refractivity contribution in [3.8, 4) is 0 Å². The molecule has 21 heavy (non-hydrogen) atoms. The maximum Gasteiger partial charge on any atom is -0.0326 e. The van der Waals surface area contributed by atoms with E-state index in [-0.39, 0.29) is 0 Å². The Balaban J connectivity index is 3.56. The van der Waals surface area contributed by atoms with Crippen molar-refractivity contribution in [2.45, 2.75) is 111 Å². The minimum atomic E-state index is 0.384. The summed E-state index contributed by atoms with van der Waals surface area (Å²) in [6.07, 6.45) is 25.2. The van der Waals surface area contributed by atoms with Crippen molar-refractivity contribution in [3.05, 3.63) is 0 Å².